The highest BCUT2D eigenvalue weighted by Crippen LogP contribution is 1.96. The van der Waals surface area contributed by atoms with Crippen LogP contribution in [0.4, 0.5) is 0 Å². The van der Waals surface area contributed by atoms with E-state index in [4.69, 9.17) is 18.9 Å². The summed E-state index contributed by atoms with van der Waals surface area (Å²) < 4.78 is 22.7. The first-order valence-corrected chi connectivity index (χ1v) is 7.21. The summed E-state index contributed by atoms with van der Waals surface area (Å²) in [5.41, 5.74) is 1.02. The van der Waals surface area contributed by atoms with Gasteiger partial charge >= 0.3 is 0 Å². The number of nitrogens with zero attached hydrogens (tertiary/aromatic N) is 2. The molecular formula is C14H27N3O4. The Hall–Kier alpha value is -0.990. The van der Waals surface area contributed by atoms with Crippen LogP contribution in [0.3, 0.4) is 0 Å². The molecule has 1 heterocycles. The van der Waals surface area contributed by atoms with E-state index < -0.39 is 0 Å². The number of imidazole rings is 1. The summed E-state index contributed by atoms with van der Waals surface area (Å²) in [4.78, 5) is 4.33. The summed E-state index contributed by atoms with van der Waals surface area (Å²) in [5, 5.41) is 3.26. The Morgan fingerprint density at radius 1 is 1.00 bits per heavy atom. The van der Waals surface area contributed by atoms with Gasteiger partial charge in [-0.3, -0.25) is 0 Å². The number of aromatic nitrogens is 2. The lowest BCUT2D eigenvalue weighted by Crippen LogP contribution is -2.18. The minimum Gasteiger partial charge on any atom is -0.383 e. The molecule has 0 unspecified atom stereocenters. The number of hydrogen-bond acceptors (Lipinski definition) is 6. The highest BCUT2D eigenvalue weighted by molar-refractivity contribution is 4.95. The van der Waals surface area contributed by atoms with Crippen molar-refractivity contribution in [1.82, 2.24) is 14.9 Å². The molecule has 1 aromatic rings. The van der Waals surface area contributed by atoms with E-state index in [1.165, 1.54) is 0 Å². The lowest BCUT2D eigenvalue weighted by atomic mass is 10.4. The van der Waals surface area contributed by atoms with Crippen LogP contribution in [0.2, 0.25) is 0 Å². The van der Waals surface area contributed by atoms with Crippen LogP contribution >= 0.6 is 0 Å². The van der Waals surface area contributed by atoms with E-state index >= 15 is 0 Å². The smallest absolute Gasteiger partial charge is 0.0950 e. The second kappa shape index (κ2) is 12.7. The SMILES string of the molecule is COCCNCc1cn(CCOCCOCCOC)cn1. The first-order chi connectivity index (χ1) is 10.4. The zero-order chi connectivity index (χ0) is 15.2. The molecule has 0 aliphatic rings. The van der Waals surface area contributed by atoms with E-state index in [1.54, 1.807) is 14.2 Å². The van der Waals surface area contributed by atoms with Crippen LogP contribution in [-0.2, 0) is 32.0 Å². The van der Waals surface area contributed by atoms with Crippen molar-refractivity contribution in [2.24, 2.45) is 0 Å². The molecule has 122 valence electrons. The molecule has 1 aromatic heterocycles. The molecule has 0 bridgehead atoms. The Bertz CT molecular complexity index is 347. The summed E-state index contributed by atoms with van der Waals surface area (Å²) in [6.07, 6.45) is 3.85. The lowest BCUT2D eigenvalue weighted by molar-refractivity contribution is 0.0230. The molecule has 0 saturated carbocycles. The van der Waals surface area contributed by atoms with Crippen molar-refractivity contribution in [3.05, 3.63) is 18.2 Å². The molecule has 0 saturated heterocycles. The van der Waals surface area contributed by atoms with Gasteiger partial charge in [-0.15, -0.1) is 0 Å². The molecule has 7 nitrogen and oxygen atoms in total. The van der Waals surface area contributed by atoms with Crippen molar-refractivity contribution in [1.29, 1.82) is 0 Å². The zero-order valence-electron chi connectivity index (χ0n) is 13.0. The van der Waals surface area contributed by atoms with Crippen LogP contribution in [-0.4, -0.2) is 70.0 Å². The van der Waals surface area contributed by atoms with Crippen molar-refractivity contribution in [2.45, 2.75) is 13.1 Å². The van der Waals surface area contributed by atoms with Gasteiger partial charge in [0, 0.05) is 40.1 Å². The largest absolute Gasteiger partial charge is 0.383 e. The molecule has 0 atom stereocenters. The average molecular weight is 301 g/mol. The Balaban J connectivity index is 1.98. The third kappa shape index (κ3) is 9.54. The van der Waals surface area contributed by atoms with Gasteiger partial charge in [0.15, 0.2) is 0 Å². The third-order valence-corrected chi connectivity index (χ3v) is 2.77. The van der Waals surface area contributed by atoms with Crippen molar-refractivity contribution < 1.29 is 18.9 Å². The monoisotopic (exact) mass is 301 g/mol. The van der Waals surface area contributed by atoms with Crippen LogP contribution in [0.25, 0.3) is 0 Å². The Morgan fingerprint density at radius 2 is 1.71 bits per heavy atom. The summed E-state index contributed by atoms with van der Waals surface area (Å²) in [6.45, 7) is 6.17. The number of methoxy groups -OCH3 is 2. The number of ether oxygens (including phenoxy) is 4. The maximum atomic E-state index is 5.49. The molecule has 1 N–H and O–H groups in total. The molecule has 7 heteroatoms. The zero-order valence-corrected chi connectivity index (χ0v) is 13.0. The van der Waals surface area contributed by atoms with Gasteiger partial charge in [0.05, 0.1) is 51.7 Å². The molecule has 1 rings (SSSR count). The summed E-state index contributed by atoms with van der Waals surface area (Å²) in [7, 11) is 3.35. The third-order valence-electron chi connectivity index (χ3n) is 2.77. The fourth-order valence-corrected chi connectivity index (χ4v) is 1.64. The number of hydrogen-bond donors (Lipinski definition) is 1. The van der Waals surface area contributed by atoms with E-state index in [-0.39, 0.29) is 0 Å². The number of nitrogens with one attached hydrogen (secondary N) is 1. The Morgan fingerprint density at radius 3 is 2.48 bits per heavy atom. The fraction of sp³-hybridized carbons (Fsp3) is 0.786. The summed E-state index contributed by atoms with van der Waals surface area (Å²) in [6, 6.07) is 0. The second-order valence-corrected chi connectivity index (χ2v) is 4.49. The normalized spacial score (nSPS) is 11.1. The van der Waals surface area contributed by atoms with Crippen molar-refractivity contribution in [3.8, 4) is 0 Å². The average Bonchev–Trinajstić information content (AvgIpc) is 2.94. The summed E-state index contributed by atoms with van der Waals surface area (Å²) in [5.74, 6) is 0. The van der Waals surface area contributed by atoms with E-state index in [0.717, 1.165) is 25.3 Å². The quantitative estimate of drug-likeness (QED) is 0.499. The van der Waals surface area contributed by atoms with Gasteiger partial charge in [0.2, 0.25) is 0 Å². The van der Waals surface area contributed by atoms with Gasteiger partial charge < -0.3 is 28.8 Å². The molecule has 0 spiro atoms. The van der Waals surface area contributed by atoms with Crippen LogP contribution in [0.15, 0.2) is 12.5 Å². The van der Waals surface area contributed by atoms with Crippen LogP contribution in [0.1, 0.15) is 5.69 Å². The standard InChI is InChI=1S/C14H27N3O4/c1-18-5-3-15-11-14-12-17(13-16-14)4-6-20-9-10-21-8-7-19-2/h12-13,15H,3-11H2,1-2H3. The molecule has 0 amide bonds. The second-order valence-electron chi connectivity index (χ2n) is 4.49. The topological polar surface area (TPSA) is 66.8 Å². The summed E-state index contributed by atoms with van der Waals surface area (Å²) >= 11 is 0. The van der Waals surface area contributed by atoms with E-state index in [9.17, 15) is 0 Å². The highest BCUT2D eigenvalue weighted by atomic mass is 16.5. The lowest BCUT2D eigenvalue weighted by Gasteiger charge is -2.06. The minimum absolute atomic E-state index is 0.599. The van der Waals surface area contributed by atoms with Gasteiger partial charge in [-0.2, -0.15) is 0 Å². The van der Waals surface area contributed by atoms with Gasteiger partial charge in [-0.25, -0.2) is 4.98 Å². The Labute approximate surface area is 126 Å². The predicted molar refractivity (Wildman–Crippen MR) is 79.3 cm³/mol. The first-order valence-electron chi connectivity index (χ1n) is 7.21. The molecule has 0 aliphatic heterocycles. The fourth-order valence-electron chi connectivity index (χ4n) is 1.64. The molecular weight excluding hydrogens is 274 g/mol. The maximum absolute atomic E-state index is 5.49. The highest BCUT2D eigenvalue weighted by Gasteiger charge is 1.98. The molecule has 0 fully saturated rings. The predicted octanol–water partition coefficient (Wildman–Crippen LogP) is 0.299. The first kappa shape index (κ1) is 18.1. The maximum Gasteiger partial charge on any atom is 0.0950 e. The number of rotatable bonds is 14. The van der Waals surface area contributed by atoms with Crippen molar-refractivity contribution in [3.63, 3.8) is 0 Å². The van der Waals surface area contributed by atoms with Gasteiger partial charge in [-0.05, 0) is 0 Å². The molecule has 21 heavy (non-hydrogen) atoms. The van der Waals surface area contributed by atoms with Gasteiger partial charge in [0.25, 0.3) is 0 Å². The van der Waals surface area contributed by atoms with Crippen molar-refractivity contribution >= 4 is 0 Å². The molecule has 0 aromatic carbocycles. The molecule has 0 aliphatic carbocycles. The van der Waals surface area contributed by atoms with Gasteiger partial charge in [0.1, 0.15) is 0 Å². The van der Waals surface area contributed by atoms with Gasteiger partial charge in [-0.1, -0.05) is 0 Å². The van der Waals surface area contributed by atoms with Crippen LogP contribution in [0.5, 0.6) is 0 Å². The van der Waals surface area contributed by atoms with Crippen molar-refractivity contribution in [2.75, 3.05) is 60.4 Å². The van der Waals surface area contributed by atoms with E-state index in [0.29, 0.717) is 39.6 Å². The minimum atomic E-state index is 0.599. The van der Waals surface area contributed by atoms with Crippen LogP contribution in [0, 0.1) is 0 Å². The van der Waals surface area contributed by atoms with E-state index in [2.05, 4.69) is 10.3 Å². The Kier molecular flexibility index (Phi) is 10.9. The van der Waals surface area contributed by atoms with E-state index in [1.807, 2.05) is 17.1 Å². The molecule has 0 radical (unpaired) electrons. The van der Waals surface area contributed by atoms with Crippen LogP contribution < -0.4 is 5.32 Å².